The number of methoxy groups -OCH3 is 2. The van der Waals surface area contributed by atoms with Crippen molar-refractivity contribution < 1.29 is 19.1 Å². The fraction of sp³-hybridized carbons (Fsp3) is 0.636. The molecule has 1 N–H and O–H groups in total. The Morgan fingerprint density at radius 2 is 1.63 bits per heavy atom. The lowest BCUT2D eigenvalue weighted by Crippen LogP contribution is -2.51. The molecule has 1 fully saturated rings. The van der Waals surface area contributed by atoms with Crippen LogP contribution in [0.1, 0.15) is 26.3 Å². The Morgan fingerprint density at radius 3 is 2.20 bits per heavy atom. The molecule has 0 aliphatic carbocycles. The number of carbonyl (C=O) groups excluding carboxylic acids is 2. The average molecular weight is 421 g/mol. The third-order valence-corrected chi connectivity index (χ3v) is 5.00. The first-order chi connectivity index (χ1) is 14.1. The lowest BCUT2D eigenvalue weighted by molar-refractivity contribution is -0.136. The second-order valence-electron chi connectivity index (χ2n) is 8.79. The van der Waals surface area contributed by atoms with E-state index in [0.717, 1.165) is 44.2 Å². The van der Waals surface area contributed by atoms with Crippen molar-refractivity contribution in [3.8, 4) is 11.5 Å². The Hall–Kier alpha value is -2.32. The molecule has 0 bridgehead atoms. The van der Waals surface area contributed by atoms with Gasteiger partial charge in [-0.1, -0.05) is 6.07 Å². The van der Waals surface area contributed by atoms with Gasteiger partial charge in [-0.2, -0.15) is 0 Å². The Labute approximate surface area is 180 Å². The van der Waals surface area contributed by atoms with Gasteiger partial charge in [-0.15, -0.1) is 0 Å². The first kappa shape index (κ1) is 24.0. The summed E-state index contributed by atoms with van der Waals surface area (Å²) in [4.78, 5) is 30.5. The van der Waals surface area contributed by atoms with Crippen LogP contribution in [-0.2, 0) is 16.1 Å². The summed E-state index contributed by atoms with van der Waals surface area (Å²) in [5.74, 6) is 1.29. The molecule has 1 heterocycles. The molecule has 30 heavy (non-hydrogen) atoms. The van der Waals surface area contributed by atoms with Crippen molar-refractivity contribution in [2.24, 2.45) is 0 Å². The van der Waals surface area contributed by atoms with Gasteiger partial charge in [0.15, 0.2) is 11.5 Å². The quantitative estimate of drug-likeness (QED) is 0.681. The van der Waals surface area contributed by atoms with E-state index in [4.69, 9.17) is 9.47 Å². The van der Waals surface area contributed by atoms with Crippen LogP contribution in [0.25, 0.3) is 0 Å². The van der Waals surface area contributed by atoms with Crippen LogP contribution in [0.3, 0.4) is 0 Å². The highest BCUT2D eigenvalue weighted by Crippen LogP contribution is 2.28. The summed E-state index contributed by atoms with van der Waals surface area (Å²) in [5, 5.41) is 2.88. The van der Waals surface area contributed by atoms with Gasteiger partial charge in [-0.05, 0) is 38.5 Å². The minimum absolute atomic E-state index is 0.0348. The Kier molecular flexibility index (Phi) is 8.49. The highest BCUT2D eigenvalue weighted by molar-refractivity contribution is 5.85. The molecule has 0 spiro atoms. The van der Waals surface area contributed by atoms with Gasteiger partial charge in [0, 0.05) is 45.3 Å². The number of amides is 2. The predicted octanol–water partition coefficient (Wildman–Crippen LogP) is 1.19. The molecule has 8 nitrogen and oxygen atoms in total. The van der Waals surface area contributed by atoms with Crippen LogP contribution in [-0.4, -0.2) is 92.6 Å². The smallest absolute Gasteiger partial charge is 0.240 e. The van der Waals surface area contributed by atoms with E-state index >= 15 is 0 Å². The summed E-state index contributed by atoms with van der Waals surface area (Å²) < 4.78 is 10.7. The Balaban J connectivity index is 1.77. The molecular weight excluding hydrogens is 384 g/mol. The van der Waals surface area contributed by atoms with E-state index in [1.807, 2.05) is 32.9 Å². The molecule has 0 atom stereocenters. The average Bonchev–Trinajstić information content (AvgIpc) is 2.67. The van der Waals surface area contributed by atoms with Crippen molar-refractivity contribution in [1.29, 1.82) is 0 Å². The standard InChI is InChI=1S/C22H36N4O4/c1-22(2,3)23-20(27)15-24(4)21(28)16-26-11-9-25(10-12-26)14-17-7-8-18(29-5)19(13-17)30-6/h7-8,13H,9-12,14-16H2,1-6H3,(H,23,27). The Bertz CT molecular complexity index is 724. The maximum absolute atomic E-state index is 12.5. The maximum atomic E-state index is 12.5. The van der Waals surface area contributed by atoms with Gasteiger partial charge in [0.25, 0.3) is 0 Å². The molecule has 2 amide bonds. The number of nitrogens with one attached hydrogen (secondary N) is 1. The van der Waals surface area contributed by atoms with E-state index in [0.29, 0.717) is 6.54 Å². The number of likely N-dealkylation sites (N-methyl/N-ethyl adjacent to an activating group) is 1. The molecule has 1 aliphatic heterocycles. The molecule has 0 unspecified atom stereocenters. The number of hydrogen-bond donors (Lipinski definition) is 1. The van der Waals surface area contributed by atoms with Crippen molar-refractivity contribution >= 4 is 11.8 Å². The third-order valence-electron chi connectivity index (χ3n) is 5.00. The van der Waals surface area contributed by atoms with Crippen molar-refractivity contribution in [2.75, 3.05) is 60.5 Å². The predicted molar refractivity (Wildman–Crippen MR) is 117 cm³/mol. The molecular formula is C22H36N4O4. The summed E-state index contributed by atoms with van der Waals surface area (Å²) in [6.45, 7) is 10.4. The van der Waals surface area contributed by atoms with Gasteiger partial charge < -0.3 is 19.7 Å². The first-order valence-electron chi connectivity index (χ1n) is 10.3. The Morgan fingerprint density at radius 1 is 1.03 bits per heavy atom. The molecule has 1 saturated heterocycles. The second-order valence-corrected chi connectivity index (χ2v) is 8.79. The van der Waals surface area contributed by atoms with Crippen LogP contribution >= 0.6 is 0 Å². The number of nitrogens with zero attached hydrogens (tertiary/aromatic N) is 3. The zero-order valence-electron chi connectivity index (χ0n) is 19.2. The van der Waals surface area contributed by atoms with E-state index < -0.39 is 0 Å². The second kappa shape index (κ2) is 10.6. The van der Waals surface area contributed by atoms with Crippen molar-refractivity contribution in [2.45, 2.75) is 32.9 Å². The van der Waals surface area contributed by atoms with Gasteiger partial charge in [0.05, 0.1) is 27.3 Å². The topological polar surface area (TPSA) is 74.4 Å². The lowest BCUT2D eigenvalue weighted by atomic mass is 10.1. The largest absolute Gasteiger partial charge is 0.493 e. The van der Waals surface area contributed by atoms with E-state index in [2.05, 4.69) is 21.2 Å². The SMILES string of the molecule is COc1ccc(CN2CCN(CC(=O)N(C)CC(=O)NC(C)(C)C)CC2)cc1OC. The van der Waals surface area contributed by atoms with Crippen LogP contribution in [0.5, 0.6) is 11.5 Å². The minimum atomic E-state index is -0.300. The molecule has 8 heteroatoms. The van der Waals surface area contributed by atoms with Crippen LogP contribution < -0.4 is 14.8 Å². The number of carbonyl (C=O) groups is 2. The monoisotopic (exact) mass is 420 g/mol. The van der Waals surface area contributed by atoms with Crippen LogP contribution in [0, 0.1) is 0 Å². The first-order valence-corrected chi connectivity index (χ1v) is 10.3. The summed E-state index contributed by atoms with van der Waals surface area (Å²) in [6, 6.07) is 5.98. The van der Waals surface area contributed by atoms with Crippen molar-refractivity contribution in [3.05, 3.63) is 23.8 Å². The van der Waals surface area contributed by atoms with Crippen molar-refractivity contribution in [3.63, 3.8) is 0 Å². The zero-order valence-corrected chi connectivity index (χ0v) is 19.2. The number of rotatable bonds is 8. The van der Waals surface area contributed by atoms with Crippen LogP contribution in [0.15, 0.2) is 18.2 Å². The fourth-order valence-electron chi connectivity index (χ4n) is 3.42. The molecule has 0 radical (unpaired) electrons. The molecule has 168 valence electrons. The summed E-state index contributed by atoms with van der Waals surface area (Å²) in [6.07, 6.45) is 0. The molecule has 1 aromatic carbocycles. The maximum Gasteiger partial charge on any atom is 0.240 e. The summed E-state index contributed by atoms with van der Waals surface area (Å²) in [5.41, 5.74) is 0.868. The van der Waals surface area contributed by atoms with Crippen LogP contribution in [0.4, 0.5) is 0 Å². The third kappa shape index (κ3) is 7.50. The van der Waals surface area contributed by atoms with Gasteiger partial charge >= 0.3 is 0 Å². The molecule has 2 rings (SSSR count). The van der Waals surface area contributed by atoms with E-state index in [-0.39, 0.29) is 23.9 Å². The number of hydrogen-bond acceptors (Lipinski definition) is 6. The number of ether oxygens (including phenoxy) is 2. The van der Waals surface area contributed by atoms with Crippen molar-refractivity contribution in [1.82, 2.24) is 20.0 Å². The van der Waals surface area contributed by atoms with E-state index in [9.17, 15) is 9.59 Å². The highest BCUT2D eigenvalue weighted by atomic mass is 16.5. The zero-order chi connectivity index (χ0) is 22.3. The van der Waals surface area contributed by atoms with Crippen LogP contribution in [0.2, 0.25) is 0 Å². The van der Waals surface area contributed by atoms with E-state index in [1.165, 1.54) is 10.5 Å². The summed E-state index contributed by atoms with van der Waals surface area (Å²) in [7, 11) is 4.95. The number of benzene rings is 1. The van der Waals surface area contributed by atoms with Gasteiger partial charge in [0.2, 0.25) is 11.8 Å². The van der Waals surface area contributed by atoms with E-state index in [1.54, 1.807) is 21.3 Å². The molecule has 0 aromatic heterocycles. The van der Waals surface area contributed by atoms with Gasteiger partial charge in [0.1, 0.15) is 0 Å². The molecule has 1 aliphatic rings. The minimum Gasteiger partial charge on any atom is -0.493 e. The molecule has 1 aromatic rings. The van der Waals surface area contributed by atoms with Gasteiger partial charge in [-0.3, -0.25) is 19.4 Å². The fourth-order valence-corrected chi connectivity index (χ4v) is 3.42. The summed E-state index contributed by atoms with van der Waals surface area (Å²) >= 11 is 0. The molecule has 0 saturated carbocycles. The lowest BCUT2D eigenvalue weighted by Gasteiger charge is -2.35. The highest BCUT2D eigenvalue weighted by Gasteiger charge is 2.22. The normalized spacial score (nSPS) is 15.5. The van der Waals surface area contributed by atoms with Gasteiger partial charge in [-0.25, -0.2) is 0 Å². The number of piperazine rings is 1.